The van der Waals surface area contributed by atoms with Gasteiger partial charge in [-0.25, -0.2) is 4.98 Å². The van der Waals surface area contributed by atoms with Crippen LogP contribution < -0.4 is 15.5 Å². The van der Waals surface area contributed by atoms with Crippen molar-refractivity contribution in [2.75, 3.05) is 55.0 Å². The predicted molar refractivity (Wildman–Crippen MR) is 87.2 cm³/mol. The number of aliphatic hydroxyl groups excluding tert-OH is 1. The van der Waals surface area contributed by atoms with Gasteiger partial charge in [-0.1, -0.05) is 13.8 Å². The third kappa shape index (κ3) is 3.09. The first-order valence-corrected chi connectivity index (χ1v) is 8.02. The highest BCUT2D eigenvalue weighted by Gasteiger charge is 2.37. The second-order valence-corrected chi connectivity index (χ2v) is 6.08. The van der Waals surface area contributed by atoms with E-state index in [1.807, 2.05) is 18.7 Å². The number of Topliss-reactive ketones (excluding diaryl/α,β-unsaturated/α-hetero) is 1. The van der Waals surface area contributed by atoms with E-state index in [4.69, 9.17) is 9.84 Å². The summed E-state index contributed by atoms with van der Waals surface area (Å²) in [5, 5.41) is 15.4. The molecule has 126 valence electrons. The number of carbonyl (C=O) groups excluding carboxylic acids is 1. The van der Waals surface area contributed by atoms with Crippen molar-refractivity contribution in [1.29, 1.82) is 0 Å². The van der Waals surface area contributed by atoms with Crippen molar-refractivity contribution in [3.05, 3.63) is 5.69 Å². The molecule has 3 heterocycles. The van der Waals surface area contributed by atoms with Gasteiger partial charge in [-0.05, 0) is 5.92 Å². The third-order valence-electron chi connectivity index (χ3n) is 4.08. The number of carbonyl (C=O) groups is 1. The maximum Gasteiger partial charge on any atom is 0.228 e. The van der Waals surface area contributed by atoms with E-state index in [2.05, 4.69) is 20.6 Å². The summed E-state index contributed by atoms with van der Waals surface area (Å²) in [5.74, 6) is 1.27. The highest BCUT2D eigenvalue weighted by Crippen LogP contribution is 2.34. The molecule has 1 atom stereocenters. The molecule has 0 spiro atoms. The number of rotatable bonds is 5. The Kier molecular flexibility index (Phi) is 4.63. The molecule has 0 saturated carbocycles. The van der Waals surface area contributed by atoms with Crippen LogP contribution in [0.1, 0.15) is 24.3 Å². The monoisotopic (exact) mass is 321 g/mol. The van der Waals surface area contributed by atoms with E-state index in [9.17, 15) is 4.79 Å². The highest BCUT2D eigenvalue weighted by molar-refractivity contribution is 6.11. The first-order chi connectivity index (χ1) is 11.1. The first-order valence-electron chi connectivity index (χ1n) is 8.02. The summed E-state index contributed by atoms with van der Waals surface area (Å²) in [6, 6.07) is -0.283. The maximum atomic E-state index is 12.6. The predicted octanol–water partition coefficient (Wildman–Crippen LogP) is 0.350. The summed E-state index contributed by atoms with van der Waals surface area (Å²) < 4.78 is 5.35. The van der Waals surface area contributed by atoms with Gasteiger partial charge in [-0.15, -0.1) is 0 Å². The van der Waals surface area contributed by atoms with Gasteiger partial charge in [0.25, 0.3) is 0 Å². The molecule has 0 aromatic carbocycles. The first kappa shape index (κ1) is 15.9. The third-order valence-corrected chi connectivity index (χ3v) is 4.08. The van der Waals surface area contributed by atoms with Crippen molar-refractivity contribution in [2.24, 2.45) is 5.92 Å². The van der Waals surface area contributed by atoms with Crippen LogP contribution >= 0.6 is 0 Å². The number of hydrogen-bond acceptors (Lipinski definition) is 8. The fraction of sp³-hybridized carbons (Fsp3) is 0.667. The zero-order chi connectivity index (χ0) is 16.4. The molecule has 0 aliphatic carbocycles. The Morgan fingerprint density at radius 2 is 2.13 bits per heavy atom. The molecule has 0 bridgehead atoms. The second kappa shape index (κ2) is 6.67. The largest absolute Gasteiger partial charge is 0.395 e. The Balaban J connectivity index is 1.97. The van der Waals surface area contributed by atoms with Crippen molar-refractivity contribution in [1.82, 2.24) is 9.97 Å². The van der Waals surface area contributed by atoms with Gasteiger partial charge in [0.1, 0.15) is 11.4 Å². The number of ketones is 1. The molecule has 1 unspecified atom stereocenters. The van der Waals surface area contributed by atoms with E-state index >= 15 is 0 Å². The molecule has 0 radical (unpaired) electrons. The van der Waals surface area contributed by atoms with Gasteiger partial charge >= 0.3 is 0 Å². The molecule has 0 amide bonds. The number of aromatic nitrogens is 2. The second-order valence-electron chi connectivity index (χ2n) is 6.08. The molecule has 23 heavy (non-hydrogen) atoms. The Bertz CT molecular complexity index is 587. The fourth-order valence-electron chi connectivity index (χ4n) is 2.81. The smallest absolute Gasteiger partial charge is 0.228 e. The van der Waals surface area contributed by atoms with E-state index in [1.165, 1.54) is 0 Å². The maximum absolute atomic E-state index is 12.6. The van der Waals surface area contributed by atoms with Crippen molar-refractivity contribution in [3.8, 4) is 0 Å². The van der Waals surface area contributed by atoms with Crippen molar-refractivity contribution in [2.45, 2.75) is 19.9 Å². The topological polar surface area (TPSA) is 99.6 Å². The molecule has 2 aliphatic rings. The van der Waals surface area contributed by atoms with Gasteiger partial charge in [-0.3, -0.25) is 4.79 Å². The zero-order valence-electron chi connectivity index (χ0n) is 13.5. The van der Waals surface area contributed by atoms with Crippen molar-refractivity contribution in [3.63, 3.8) is 0 Å². The lowest BCUT2D eigenvalue weighted by Gasteiger charge is -2.27. The van der Waals surface area contributed by atoms with Crippen LogP contribution in [0.2, 0.25) is 0 Å². The molecule has 1 aromatic heterocycles. The molecule has 1 aromatic rings. The standard InChI is InChI=1S/C15H23N5O3/c1-9(2)10-13(22)11-12(17-10)14(16-3-6-21)19-15(18-11)20-4-7-23-8-5-20/h9-10,17,21H,3-8H2,1-2H3,(H,16,18,19). The Morgan fingerprint density at radius 3 is 2.78 bits per heavy atom. The minimum atomic E-state index is -0.283. The lowest BCUT2D eigenvalue weighted by atomic mass is 10.0. The summed E-state index contributed by atoms with van der Waals surface area (Å²) in [7, 11) is 0. The van der Waals surface area contributed by atoms with Crippen LogP contribution in [0.4, 0.5) is 17.5 Å². The van der Waals surface area contributed by atoms with Crippen LogP contribution in [0.5, 0.6) is 0 Å². The van der Waals surface area contributed by atoms with Gasteiger partial charge in [0.05, 0.1) is 25.9 Å². The molecule has 1 saturated heterocycles. The highest BCUT2D eigenvalue weighted by atomic mass is 16.5. The number of hydrogen-bond donors (Lipinski definition) is 3. The molecule has 8 nitrogen and oxygen atoms in total. The molecular weight excluding hydrogens is 298 g/mol. The van der Waals surface area contributed by atoms with Gasteiger partial charge in [0.15, 0.2) is 5.82 Å². The van der Waals surface area contributed by atoms with Crippen LogP contribution in [-0.4, -0.2) is 66.4 Å². The van der Waals surface area contributed by atoms with Gasteiger partial charge in [0.2, 0.25) is 11.7 Å². The molecule has 2 aliphatic heterocycles. The SMILES string of the molecule is CC(C)C1Nc2c(NCCO)nc(N3CCOCC3)nc2C1=O. The molecule has 1 fully saturated rings. The van der Waals surface area contributed by atoms with Crippen molar-refractivity contribution < 1.29 is 14.6 Å². The van der Waals surface area contributed by atoms with E-state index < -0.39 is 0 Å². The number of morpholine rings is 1. The van der Waals surface area contributed by atoms with E-state index in [1.54, 1.807) is 0 Å². The fourth-order valence-corrected chi connectivity index (χ4v) is 2.81. The number of fused-ring (bicyclic) bond motifs is 1. The minimum Gasteiger partial charge on any atom is -0.395 e. The summed E-state index contributed by atoms with van der Waals surface area (Å²) in [6.45, 7) is 7.01. The number of nitrogens with zero attached hydrogens (tertiary/aromatic N) is 3. The average Bonchev–Trinajstić information content (AvgIpc) is 2.91. The Hall–Kier alpha value is -1.93. The molecule has 3 rings (SSSR count). The summed E-state index contributed by atoms with van der Waals surface area (Å²) in [5.41, 5.74) is 1.07. The Labute approximate surface area is 135 Å². The van der Waals surface area contributed by atoms with E-state index in [0.717, 1.165) is 0 Å². The van der Waals surface area contributed by atoms with Crippen LogP contribution in [0, 0.1) is 5.92 Å². The van der Waals surface area contributed by atoms with Gasteiger partial charge in [-0.2, -0.15) is 4.98 Å². The lowest BCUT2D eigenvalue weighted by molar-refractivity contribution is 0.0957. The normalized spacial score (nSPS) is 20.6. The average molecular weight is 321 g/mol. The van der Waals surface area contributed by atoms with Crippen molar-refractivity contribution >= 4 is 23.2 Å². The molecule has 3 N–H and O–H groups in total. The van der Waals surface area contributed by atoms with Crippen LogP contribution in [0.3, 0.4) is 0 Å². The van der Waals surface area contributed by atoms with E-state index in [-0.39, 0.29) is 24.3 Å². The van der Waals surface area contributed by atoms with Crippen LogP contribution in [0.15, 0.2) is 0 Å². The minimum absolute atomic E-state index is 0.000965. The molecular formula is C15H23N5O3. The number of aliphatic hydroxyl groups is 1. The number of nitrogens with one attached hydrogen (secondary N) is 2. The summed E-state index contributed by atoms with van der Waals surface area (Å²) in [4.78, 5) is 23.7. The van der Waals surface area contributed by atoms with Crippen LogP contribution in [0.25, 0.3) is 0 Å². The number of ether oxygens (including phenoxy) is 1. The summed E-state index contributed by atoms with van der Waals surface area (Å²) >= 11 is 0. The number of anilines is 3. The zero-order valence-corrected chi connectivity index (χ0v) is 13.5. The molecule has 8 heteroatoms. The quantitative estimate of drug-likeness (QED) is 0.714. The van der Waals surface area contributed by atoms with Gasteiger partial charge in [0, 0.05) is 19.6 Å². The Morgan fingerprint density at radius 1 is 1.39 bits per heavy atom. The van der Waals surface area contributed by atoms with E-state index in [0.29, 0.717) is 56.0 Å². The lowest BCUT2D eigenvalue weighted by Crippen LogP contribution is -2.37. The summed E-state index contributed by atoms with van der Waals surface area (Å²) in [6.07, 6.45) is 0. The van der Waals surface area contributed by atoms with Gasteiger partial charge < -0.3 is 25.4 Å². The van der Waals surface area contributed by atoms with Crippen LogP contribution in [-0.2, 0) is 4.74 Å².